The van der Waals surface area contributed by atoms with Crippen molar-refractivity contribution in [2.75, 3.05) is 7.11 Å². The zero-order valence-electron chi connectivity index (χ0n) is 10.9. The molecule has 0 amide bonds. The van der Waals surface area contributed by atoms with Gasteiger partial charge in [0.25, 0.3) is 0 Å². The van der Waals surface area contributed by atoms with Crippen LogP contribution in [-0.4, -0.2) is 21.9 Å². The van der Waals surface area contributed by atoms with Crippen molar-refractivity contribution in [3.8, 4) is 11.8 Å². The number of benzene rings is 1. The van der Waals surface area contributed by atoms with Crippen molar-refractivity contribution in [2.45, 2.75) is 13.1 Å². The maximum Gasteiger partial charge on any atom is 0.164 e. The number of hydrogen-bond acceptors (Lipinski definition) is 5. The molecule has 0 fully saturated rings. The lowest BCUT2D eigenvalue weighted by molar-refractivity contribution is 0.407. The molecule has 0 radical (unpaired) electrons. The van der Waals surface area contributed by atoms with Crippen LogP contribution in [0.3, 0.4) is 0 Å². The Morgan fingerprint density at radius 3 is 2.89 bits per heavy atom. The smallest absolute Gasteiger partial charge is 0.164 e. The fourth-order valence-corrected chi connectivity index (χ4v) is 1.76. The highest BCUT2D eigenvalue weighted by Crippen LogP contribution is 2.19. The zero-order valence-corrected chi connectivity index (χ0v) is 10.9. The summed E-state index contributed by atoms with van der Waals surface area (Å²) in [4.78, 5) is 4.13. The summed E-state index contributed by atoms with van der Waals surface area (Å²) in [5.41, 5.74) is 1.56. The van der Waals surface area contributed by atoms with Gasteiger partial charge in [0.15, 0.2) is 5.82 Å². The Morgan fingerprint density at radius 2 is 2.26 bits per heavy atom. The third kappa shape index (κ3) is 3.30. The molecule has 0 bridgehead atoms. The molecule has 0 unspecified atom stereocenters. The van der Waals surface area contributed by atoms with Gasteiger partial charge in [-0.05, 0) is 18.2 Å². The lowest BCUT2D eigenvalue weighted by Gasteiger charge is -2.09. The van der Waals surface area contributed by atoms with Gasteiger partial charge in [-0.1, -0.05) is 0 Å². The fourth-order valence-electron chi connectivity index (χ4n) is 1.76. The number of hydrogen-bond donors (Lipinski definition) is 1. The standard InChI is InChI=1S/C13H15N5O/c1-18-9-16-13(17-18)8-15-7-11-5-10(6-14)3-4-12(11)19-2/h3-5,9,15H,7-8H2,1-2H3. The van der Waals surface area contributed by atoms with Gasteiger partial charge in [-0.25, -0.2) is 4.98 Å². The number of nitrogens with one attached hydrogen (secondary N) is 1. The van der Waals surface area contributed by atoms with Crippen LogP contribution in [0.2, 0.25) is 0 Å². The van der Waals surface area contributed by atoms with Crippen molar-refractivity contribution in [1.29, 1.82) is 5.26 Å². The number of ether oxygens (including phenoxy) is 1. The quantitative estimate of drug-likeness (QED) is 0.864. The molecule has 0 saturated carbocycles. The van der Waals surface area contributed by atoms with E-state index in [0.29, 0.717) is 18.7 Å². The van der Waals surface area contributed by atoms with Crippen LogP contribution in [0.1, 0.15) is 17.0 Å². The van der Waals surface area contributed by atoms with Gasteiger partial charge >= 0.3 is 0 Å². The van der Waals surface area contributed by atoms with E-state index < -0.39 is 0 Å². The largest absolute Gasteiger partial charge is 0.496 e. The Balaban J connectivity index is 2.00. The summed E-state index contributed by atoms with van der Waals surface area (Å²) >= 11 is 0. The van der Waals surface area contributed by atoms with Crippen molar-refractivity contribution in [2.24, 2.45) is 7.05 Å². The number of rotatable bonds is 5. The van der Waals surface area contributed by atoms with Crippen LogP contribution >= 0.6 is 0 Å². The molecule has 0 aliphatic heterocycles. The minimum absolute atomic E-state index is 0.570. The topological polar surface area (TPSA) is 75.8 Å². The van der Waals surface area contributed by atoms with E-state index in [1.165, 1.54) is 0 Å². The van der Waals surface area contributed by atoms with Crippen LogP contribution in [0, 0.1) is 11.3 Å². The molecular weight excluding hydrogens is 242 g/mol. The summed E-state index contributed by atoms with van der Waals surface area (Å²) in [6.45, 7) is 1.16. The van der Waals surface area contributed by atoms with E-state index in [4.69, 9.17) is 10.00 Å². The SMILES string of the molecule is COc1ccc(C#N)cc1CNCc1ncn(C)n1. The summed E-state index contributed by atoms with van der Waals surface area (Å²) in [6.07, 6.45) is 1.66. The summed E-state index contributed by atoms with van der Waals surface area (Å²) in [7, 11) is 3.45. The van der Waals surface area contributed by atoms with Crippen LogP contribution in [-0.2, 0) is 20.1 Å². The number of methoxy groups -OCH3 is 1. The van der Waals surface area contributed by atoms with E-state index in [1.54, 1.807) is 30.3 Å². The predicted molar refractivity (Wildman–Crippen MR) is 69.3 cm³/mol. The second-order valence-corrected chi connectivity index (χ2v) is 4.08. The van der Waals surface area contributed by atoms with Gasteiger partial charge in [0.05, 0.1) is 25.3 Å². The second kappa shape index (κ2) is 5.98. The molecule has 2 aromatic rings. The lowest BCUT2D eigenvalue weighted by atomic mass is 10.1. The molecule has 0 saturated heterocycles. The Morgan fingerprint density at radius 1 is 1.42 bits per heavy atom. The van der Waals surface area contributed by atoms with Crippen LogP contribution in [0.25, 0.3) is 0 Å². The first-order valence-corrected chi connectivity index (χ1v) is 5.85. The monoisotopic (exact) mass is 257 g/mol. The highest BCUT2D eigenvalue weighted by Gasteiger charge is 2.05. The summed E-state index contributed by atoms with van der Waals surface area (Å²) < 4.78 is 6.93. The Labute approximate surface area is 111 Å². The molecule has 1 aromatic carbocycles. The number of nitriles is 1. The first-order chi connectivity index (χ1) is 9.22. The number of nitrogens with zero attached hydrogens (tertiary/aromatic N) is 4. The molecule has 1 aromatic heterocycles. The third-order valence-electron chi connectivity index (χ3n) is 2.66. The van der Waals surface area contributed by atoms with Crippen LogP contribution in [0.5, 0.6) is 5.75 Å². The van der Waals surface area contributed by atoms with E-state index in [2.05, 4.69) is 21.5 Å². The molecule has 6 heteroatoms. The van der Waals surface area contributed by atoms with Gasteiger partial charge in [0.2, 0.25) is 0 Å². The van der Waals surface area contributed by atoms with Crippen molar-refractivity contribution in [3.05, 3.63) is 41.5 Å². The van der Waals surface area contributed by atoms with Gasteiger partial charge in [0, 0.05) is 19.2 Å². The van der Waals surface area contributed by atoms with Crippen molar-refractivity contribution in [1.82, 2.24) is 20.1 Å². The molecule has 1 N–H and O–H groups in total. The molecule has 0 atom stereocenters. The summed E-state index contributed by atoms with van der Waals surface area (Å²) in [5.74, 6) is 1.50. The van der Waals surface area contributed by atoms with Crippen LogP contribution in [0.4, 0.5) is 0 Å². The second-order valence-electron chi connectivity index (χ2n) is 4.08. The predicted octanol–water partition coefficient (Wildman–Crippen LogP) is 0.985. The zero-order chi connectivity index (χ0) is 13.7. The Bertz CT molecular complexity index is 599. The first-order valence-electron chi connectivity index (χ1n) is 5.85. The minimum Gasteiger partial charge on any atom is -0.496 e. The molecular formula is C13H15N5O. The maximum absolute atomic E-state index is 8.90. The molecule has 0 aliphatic carbocycles. The van der Waals surface area contributed by atoms with Gasteiger partial charge in [-0.3, -0.25) is 4.68 Å². The first kappa shape index (κ1) is 13.1. The molecule has 0 spiro atoms. The average Bonchev–Trinajstić information content (AvgIpc) is 2.84. The molecule has 0 aliphatic rings. The summed E-state index contributed by atoms with van der Waals surface area (Å²) in [6, 6.07) is 7.47. The van der Waals surface area contributed by atoms with Crippen molar-refractivity contribution in [3.63, 3.8) is 0 Å². The lowest BCUT2D eigenvalue weighted by Crippen LogP contribution is -2.14. The normalized spacial score (nSPS) is 10.2. The Kier molecular flexibility index (Phi) is 4.11. The minimum atomic E-state index is 0.570. The summed E-state index contributed by atoms with van der Waals surface area (Å²) in [5, 5.41) is 16.3. The Hall–Kier alpha value is -2.39. The molecule has 1 heterocycles. The highest BCUT2D eigenvalue weighted by atomic mass is 16.5. The van der Waals surface area contributed by atoms with Gasteiger partial charge in [0.1, 0.15) is 12.1 Å². The number of aryl methyl sites for hydroxylation is 1. The number of aromatic nitrogens is 3. The van der Waals surface area contributed by atoms with Crippen molar-refractivity contribution < 1.29 is 4.74 Å². The molecule has 2 rings (SSSR count). The van der Waals surface area contributed by atoms with Gasteiger partial charge in [-0.15, -0.1) is 0 Å². The average molecular weight is 257 g/mol. The fraction of sp³-hybridized carbons (Fsp3) is 0.308. The van der Waals surface area contributed by atoms with E-state index in [-0.39, 0.29) is 0 Å². The van der Waals surface area contributed by atoms with Crippen LogP contribution in [0.15, 0.2) is 24.5 Å². The highest BCUT2D eigenvalue weighted by molar-refractivity contribution is 5.41. The molecule has 98 valence electrons. The van der Waals surface area contributed by atoms with E-state index in [0.717, 1.165) is 17.1 Å². The van der Waals surface area contributed by atoms with Crippen LogP contribution < -0.4 is 10.1 Å². The van der Waals surface area contributed by atoms with E-state index >= 15 is 0 Å². The molecule has 19 heavy (non-hydrogen) atoms. The van der Waals surface area contributed by atoms with E-state index in [9.17, 15) is 0 Å². The van der Waals surface area contributed by atoms with E-state index in [1.807, 2.05) is 13.1 Å². The van der Waals surface area contributed by atoms with Gasteiger partial charge in [-0.2, -0.15) is 10.4 Å². The molecule has 6 nitrogen and oxygen atoms in total. The third-order valence-corrected chi connectivity index (χ3v) is 2.66. The maximum atomic E-state index is 8.90. The van der Waals surface area contributed by atoms with Crippen molar-refractivity contribution >= 4 is 0 Å². The van der Waals surface area contributed by atoms with Gasteiger partial charge < -0.3 is 10.1 Å².